The maximum atomic E-state index is 13.0. The highest BCUT2D eigenvalue weighted by Gasteiger charge is 2.32. The molecular formula is C22H19BrF3NO4. The predicted molar refractivity (Wildman–Crippen MR) is 113 cm³/mol. The molecule has 5 nitrogen and oxygen atoms in total. The van der Waals surface area contributed by atoms with Gasteiger partial charge in [0.25, 0.3) is 0 Å². The van der Waals surface area contributed by atoms with Crippen LogP contribution in [0.1, 0.15) is 21.5 Å². The fourth-order valence-electron chi connectivity index (χ4n) is 3.82. The lowest BCUT2D eigenvalue weighted by Gasteiger charge is -2.30. The highest BCUT2D eigenvalue weighted by atomic mass is 79.9. The lowest BCUT2D eigenvalue weighted by atomic mass is 10.1. The van der Waals surface area contributed by atoms with Gasteiger partial charge in [-0.3, -0.25) is 4.79 Å². The minimum atomic E-state index is -4.79. The lowest BCUT2D eigenvalue weighted by molar-refractivity contribution is -0.274. The van der Waals surface area contributed by atoms with E-state index >= 15 is 0 Å². The molecule has 2 aromatic carbocycles. The zero-order valence-corrected chi connectivity index (χ0v) is 18.2. The molecule has 0 amide bonds. The number of Topliss-reactive ketones (excluding diaryl/α,β-unsaturated/α-hetero) is 1. The molecule has 0 atom stereocenters. The number of morpholine rings is 1. The molecule has 0 spiro atoms. The molecule has 31 heavy (non-hydrogen) atoms. The molecule has 164 valence electrons. The maximum Gasteiger partial charge on any atom is 0.573 e. The second-order valence-electron chi connectivity index (χ2n) is 7.22. The van der Waals surface area contributed by atoms with Crippen molar-refractivity contribution in [2.75, 3.05) is 38.3 Å². The first-order valence-corrected chi connectivity index (χ1v) is 10.4. The Morgan fingerprint density at radius 3 is 2.55 bits per heavy atom. The Balaban J connectivity index is 1.65. The molecule has 0 radical (unpaired) electrons. The third kappa shape index (κ3) is 4.88. The molecule has 0 N–H and O–H groups in total. The molecule has 9 heteroatoms. The number of methoxy groups -OCH3 is 1. The predicted octanol–water partition coefficient (Wildman–Crippen LogP) is 5.02. The number of carbonyl (C=O) groups is 1. The van der Waals surface area contributed by atoms with E-state index in [0.29, 0.717) is 46.6 Å². The van der Waals surface area contributed by atoms with Gasteiger partial charge in [-0.15, -0.1) is 13.2 Å². The molecule has 0 saturated carbocycles. The molecule has 1 aliphatic carbocycles. The summed E-state index contributed by atoms with van der Waals surface area (Å²) >= 11 is 3.19. The van der Waals surface area contributed by atoms with Crippen molar-refractivity contribution in [2.24, 2.45) is 0 Å². The van der Waals surface area contributed by atoms with Crippen molar-refractivity contribution in [3.63, 3.8) is 0 Å². The van der Waals surface area contributed by atoms with Crippen molar-refractivity contribution in [3.05, 3.63) is 57.1 Å². The van der Waals surface area contributed by atoms with Crippen molar-refractivity contribution in [3.8, 4) is 11.5 Å². The van der Waals surface area contributed by atoms with Crippen molar-refractivity contribution in [1.29, 1.82) is 0 Å². The van der Waals surface area contributed by atoms with Gasteiger partial charge in [0.2, 0.25) is 0 Å². The van der Waals surface area contributed by atoms with E-state index in [0.717, 1.165) is 24.3 Å². The van der Waals surface area contributed by atoms with Crippen LogP contribution in [0.3, 0.4) is 0 Å². The van der Waals surface area contributed by atoms with Gasteiger partial charge in [0.15, 0.2) is 5.78 Å². The monoisotopic (exact) mass is 497 g/mol. The zero-order chi connectivity index (χ0) is 22.2. The summed E-state index contributed by atoms with van der Waals surface area (Å²) in [7, 11) is 1.56. The van der Waals surface area contributed by atoms with E-state index in [2.05, 4.69) is 25.6 Å². The molecule has 4 rings (SSSR count). The minimum Gasteiger partial charge on any atom is -0.495 e. The van der Waals surface area contributed by atoms with Crippen LogP contribution >= 0.6 is 15.9 Å². The van der Waals surface area contributed by atoms with Gasteiger partial charge in [0, 0.05) is 35.1 Å². The lowest BCUT2D eigenvalue weighted by Crippen LogP contribution is -2.36. The number of alkyl halides is 3. The third-order valence-electron chi connectivity index (χ3n) is 5.14. The van der Waals surface area contributed by atoms with Gasteiger partial charge < -0.3 is 19.1 Å². The number of benzene rings is 2. The SMILES string of the molecule is COc1cc2c(cc1N1CCOCC1)CC(=Cc1cc(Br)cc(OC(F)(F)F)c1)C2=O. The first kappa shape index (κ1) is 21.7. The van der Waals surface area contributed by atoms with E-state index in [1.807, 2.05) is 6.07 Å². The molecular weight excluding hydrogens is 479 g/mol. The molecule has 2 aliphatic rings. The molecule has 0 unspecified atom stereocenters. The van der Waals surface area contributed by atoms with E-state index in [1.165, 1.54) is 12.1 Å². The van der Waals surface area contributed by atoms with Gasteiger partial charge in [0.1, 0.15) is 11.5 Å². The van der Waals surface area contributed by atoms with E-state index in [4.69, 9.17) is 9.47 Å². The van der Waals surface area contributed by atoms with Crippen LogP contribution in [0.5, 0.6) is 11.5 Å². The number of ketones is 1. The van der Waals surface area contributed by atoms with Gasteiger partial charge >= 0.3 is 6.36 Å². The van der Waals surface area contributed by atoms with Crippen LogP contribution in [0.2, 0.25) is 0 Å². The molecule has 1 aliphatic heterocycles. The van der Waals surface area contributed by atoms with E-state index in [1.54, 1.807) is 25.3 Å². The van der Waals surface area contributed by atoms with E-state index < -0.39 is 6.36 Å². The number of rotatable bonds is 4. The quantitative estimate of drug-likeness (QED) is 0.555. The number of ether oxygens (including phenoxy) is 3. The van der Waals surface area contributed by atoms with Crippen molar-refractivity contribution >= 4 is 33.5 Å². The van der Waals surface area contributed by atoms with Crippen LogP contribution in [-0.2, 0) is 11.2 Å². The van der Waals surface area contributed by atoms with Gasteiger partial charge in [0.05, 0.1) is 26.0 Å². The third-order valence-corrected chi connectivity index (χ3v) is 5.60. The Bertz CT molecular complexity index is 1050. The van der Waals surface area contributed by atoms with Crippen LogP contribution in [0.15, 0.2) is 40.4 Å². The highest BCUT2D eigenvalue weighted by molar-refractivity contribution is 9.10. The maximum absolute atomic E-state index is 13.0. The average Bonchev–Trinajstić information content (AvgIpc) is 3.00. The van der Waals surface area contributed by atoms with Gasteiger partial charge in [-0.05, 0) is 47.5 Å². The standard InChI is InChI=1S/C22H19BrF3NO4/c1-29-20-12-18-14(10-19(20)27-2-4-30-5-3-27)9-15(21(18)28)6-13-7-16(23)11-17(8-13)31-22(24,25)26/h6-8,10-12H,2-5,9H2,1H3. The zero-order valence-electron chi connectivity index (χ0n) is 16.6. The number of allylic oxidation sites excluding steroid dienone is 1. The normalized spacial score (nSPS) is 17.8. The summed E-state index contributed by atoms with van der Waals surface area (Å²) < 4.78 is 53.1. The van der Waals surface area contributed by atoms with Crippen LogP contribution in [0.25, 0.3) is 6.08 Å². The number of hydrogen-bond donors (Lipinski definition) is 0. The summed E-state index contributed by atoms with van der Waals surface area (Å²) in [6.45, 7) is 2.70. The fraction of sp³-hybridized carbons (Fsp3) is 0.318. The summed E-state index contributed by atoms with van der Waals surface area (Å²) in [4.78, 5) is 15.1. The van der Waals surface area contributed by atoms with Crippen LogP contribution in [-0.4, -0.2) is 45.6 Å². The second-order valence-corrected chi connectivity index (χ2v) is 8.14. The van der Waals surface area contributed by atoms with Crippen LogP contribution in [0.4, 0.5) is 18.9 Å². The summed E-state index contributed by atoms with van der Waals surface area (Å²) in [6, 6.07) is 7.80. The summed E-state index contributed by atoms with van der Waals surface area (Å²) in [5, 5.41) is 0. The molecule has 0 bridgehead atoms. The summed E-state index contributed by atoms with van der Waals surface area (Å²) in [5.41, 5.74) is 3.24. The highest BCUT2D eigenvalue weighted by Crippen LogP contribution is 2.38. The Kier molecular flexibility index (Phi) is 5.98. The summed E-state index contributed by atoms with van der Waals surface area (Å²) in [5.74, 6) is 0.0895. The van der Waals surface area contributed by atoms with Crippen molar-refractivity contribution in [2.45, 2.75) is 12.8 Å². The molecule has 1 saturated heterocycles. The topological polar surface area (TPSA) is 48.0 Å². The minimum absolute atomic E-state index is 0.167. The molecule has 1 fully saturated rings. The van der Waals surface area contributed by atoms with Crippen molar-refractivity contribution < 1.29 is 32.2 Å². The second kappa shape index (κ2) is 8.55. The average molecular weight is 498 g/mol. The van der Waals surface area contributed by atoms with E-state index in [-0.39, 0.29) is 11.5 Å². The molecule has 2 aromatic rings. The Labute approximate surface area is 185 Å². The largest absolute Gasteiger partial charge is 0.573 e. The van der Waals surface area contributed by atoms with Gasteiger partial charge in [-0.2, -0.15) is 0 Å². The van der Waals surface area contributed by atoms with Crippen molar-refractivity contribution in [1.82, 2.24) is 0 Å². The van der Waals surface area contributed by atoms with Gasteiger partial charge in [-0.25, -0.2) is 0 Å². The van der Waals surface area contributed by atoms with Crippen LogP contribution in [0, 0.1) is 0 Å². The first-order chi connectivity index (χ1) is 14.7. The van der Waals surface area contributed by atoms with Crippen LogP contribution < -0.4 is 14.4 Å². The Morgan fingerprint density at radius 1 is 1.13 bits per heavy atom. The van der Waals surface area contributed by atoms with E-state index in [9.17, 15) is 18.0 Å². The number of carbonyl (C=O) groups excluding carboxylic acids is 1. The fourth-order valence-corrected chi connectivity index (χ4v) is 4.31. The van der Waals surface area contributed by atoms with Gasteiger partial charge in [-0.1, -0.05) is 15.9 Å². The Hall–Kier alpha value is -2.52. The first-order valence-electron chi connectivity index (χ1n) is 9.59. The number of nitrogens with zero attached hydrogens (tertiary/aromatic N) is 1. The number of fused-ring (bicyclic) bond motifs is 1. The number of halogens is 4. The molecule has 1 heterocycles. The Morgan fingerprint density at radius 2 is 1.87 bits per heavy atom. The smallest absolute Gasteiger partial charge is 0.495 e. The molecule has 0 aromatic heterocycles. The summed E-state index contributed by atoms with van der Waals surface area (Å²) in [6.07, 6.45) is -2.81. The number of hydrogen-bond acceptors (Lipinski definition) is 5. The number of anilines is 1.